The van der Waals surface area contributed by atoms with Crippen LogP contribution in [0.15, 0.2) is 72.1 Å². The molecule has 0 spiro atoms. The molecule has 0 aliphatic carbocycles. The van der Waals surface area contributed by atoms with Gasteiger partial charge >= 0.3 is 0 Å². The maximum atomic E-state index is 12.7. The summed E-state index contributed by atoms with van der Waals surface area (Å²) in [7, 11) is 0. The van der Waals surface area contributed by atoms with E-state index in [-0.39, 0.29) is 17.7 Å². The molecule has 27 heavy (non-hydrogen) atoms. The summed E-state index contributed by atoms with van der Waals surface area (Å²) in [6, 6.07) is 20.7. The fraction of sp³-hybridized carbons (Fsp3) is 0.182. The van der Waals surface area contributed by atoms with Crippen LogP contribution in [0.3, 0.4) is 0 Å². The normalized spacial score (nSPS) is 11.6. The van der Waals surface area contributed by atoms with Gasteiger partial charge in [-0.2, -0.15) is 0 Å². The molecule has 4 nitrogen and oxygen atoms in total. The van der Waals surface area contributed by atoms with Crippen LogP contribution >= 0.6 is 11.3 Å². The van der Waals surface area contributed by atoms with Crippen LogP contribution < -0.4 is 10.6 Å². The second-order valence-electron chi connectivity index (χ2n) is 6.25. The molecule has 0 fully saturated rings. The van der Waals surface area contributed by atoms with Gasteiger partial charge in [0, 0.05) is 11.4 Å². The van der Waals surface area contributed by atoms with Crippen molar-refractivity contribution in [1.29, 1.82) is 0 Å². The lowest BCUT2D eigenvalue weighted by molar-refractivity contribution is -0.117. The van der Waals surface area contributed by atoms with E-state index in [1.807, 2.05) is 41.8 Å². The van der Waals surface area contributed by atoms with Crippen molar-refractivity contribution in [1.82, 2.24) is 0 Å². The fourth-order valence-electron chi connectivity index (χ4n) is 2.89. The highest BCUT2D eigenvalue weighted by Crippen LogP contribution is 2.24. The van der Waals surface area contributed by atoms with Crippen molar-refractivity contribution < 1.29 is 9.59 Å². The number of rotatable bonds is 7. The summed E-state index contributed by atoms with van der Waals surface area (Å²) in [6.07, 6.45) is 1.73. The van der Waals surface area contributed by atoms with Gasteiger partial charge in [-0.05, 0) is 47.7 Å². The van der Waals surface area contributed by atoms with Crippen LogP contribution in [-0.2, 0) is 4.79 Å². The zero-order valence-electron chi connectivity index (χ0n) is 15.1. The quantitative estimate of drug-likeness (QED) is 0.568. The molecule has 1 unspecified atom stereocenters. The molecule has 0 aliphatic heterocycles. The third-order valence-corrected chi connectivity index (χ3v) is 5.12. The third-order valence-electron chi connectivity index (χ3n) is 4.25. The molecule has 3 rings (SSSR count). The second-order valence-corrected chi connectivity index (χ2v) is 7.20. The first-order valence-electron chi connectivity index (χ1n) is 8.98. The van der Waals surface area contributed by atoms with E-state index in [1.165, 1.54) is 11.3 Å². The van der Waals surface area contributed by atoms with Crippen LogP contribution in [0.1, 0.15) is 40.9 Å². The molecule has 2 aromatic carbocycles. The van der Waals surface area contributed by atoms with Crippen LogP contribution in [0.2, 0.25) is 0 Å². The van der Waals surface area contributed by atoms with Crippen molar-refractivity contribution in [2.45, 2.75) is 25.7 Å². The summed E-state index contributed by atoms with van der Waals surface area (Å²) in [5.41, 5.74) is 2.43. The van der Waals surface area contributed by atoms with Gasteiger partial charge in [-0.25, -0.2) is 0 Å². The Morgan fingerprint density at radius 3 is 2.15 bits per heavy atom. The van der Waals surface area contributed by atoms with E-state index in [4.69, 9.17) is 0 Å². The van der Waals surface area contributed by atoms with Crippen molar-refractivity contribution in [3.63, 3.8) is 0 Å². The molecule has 1 atom stereocenters. The van der Waals surface area contributed by atoms with Crippen molar-refractivity contribution in [2.75, 3.05) is 10.6 Å². The minimum Gasteiger partial charge on any atom is -0.326 e. The van der Waals surface area contributed by atoms with Crippen LogP contribution in [-0.4, -0.2) is 11.8 Å². The van der Waals surface area contributed by atoms with Gasteiger partial charge in [-0.3, -0.25) is 9.59 Å². The summed E-state index contributed by atoms with van der Waals surface area (Å²) < 4.78 is 0. The molecule has 0 saturated heterocycles. The lowest BCUT2D eigenvalue weighted by atomic mass is 9.93. The highest BCUT2D eigenvalue weighted by Gasteiger charge is 2.19. The Labute approximate surface area is 163 Å². The van der Waals surface area contributed by atoms with Crippen molar-refractivity contribution in [3.05, 3.63) is 82.6 Å². The number of carbonyl (C=O) groups is 2. The predicted molar refractivity (Wildman–Crippen MR) is 111 cm³/mol. The van der Waals surface area contributed by atoms with Gasteiger partial charge < -0.3 is 10.6 Å². The van der Waals surface area contributed by atoms with Crippen LogP contribution in [0.4, 0.5) is 11.4 Å². The van der Waals surface area contributed by atoms with Crippen molar-refractivity contribution in [2.24, 2.45) is 0 Å². The first kappa shape index (κ1) is 18.9. The maximum Gasteiger partial charge on any atom is 0.265 e. The SMILES string of the molecule is CCCC(C(=O)Nc1ccc(NC(=O)c2cccs2)cc1)c1ccccc1. The molecule has 0 aliphatic rings. The van der Waals surface area contributed by atoms with Gasteiger partial charge in [0.15, 0.2) is 0 Å². The molecule has 1 heterocycles. The molecule has 0 radical (unpaired) electrons. The monoisotopic (exact) mass is 378 g/mol. The van der Waals surface area contributed by atoms with Crippen LogP contribution in [0, 0.1) is 0 Å². The molecule has 138 valence electrons. The largest absolute Gasteiger partial charge is 0.326 e. The summed E-state index contributed by atoms with van der Waals surface area (Å²) in [5.74, 6) is -0.318. The molecular formula is C22H22N2O2S. The molecule has 5 heteroatoms. The second kappa shape index (κ2) is 9.14. The lowest BCUT2D eigenvalue weighted by Crippen LogP contribution is -2.21. The summed E-state index contributed by atoms with van der Waals surface area (Å²) in [6.45, 7) is 2.08. The molecule has 1 aromatic heterocycles. The topological polar surface area (TPSA) is 58.2 Å². The van der Waals surface area contributed by atoms with Crippen LogP contribution in [0.5, 0.6) is 0 Å². The number of hydrogen-bond donors (Lipinski definition) is 2. The highest BCUT2D eigenvalue weighted by atomic mass is 32.1. The zero-order chi connectivity index (χ0) is 19.1. The number of hydrogen-bond acceptors (Lipinski definition) is 3. The Morgan fingerprint density at radius 1 is 0.889 bits per heavy atom. The Kier molecular flexibility index (Phi) is 6.39. The summed E-state index contributed by atoms with van der Waals surface area (Å²) >= 11 is 1.40. The number of anilines is 2. The Bertz CT molecular complexity index is 874. The molecule has 0 saturated carbocycles. The average molecular weight is 378 g/mol. The number of carbonyl (C=O) groups excluding carboxylic acids is 2. The van der Waals surface area contributed by atoms with E-state index >= 15 is 0 Å². The highest BCUT2D eigenvalue weighted by molar-refractivity contribution is 7.12. The van der Waals surface area contributed by atoms with Gasteiger partial charge in [0.05, 0.1) is 10.8 Å². The number of amides is 2. The van der Waals surface area contributed by atoms with E-state index in [2.05, 4.69) is 17.6 Å². The zero-order valence-corrected chi connectivity index (χ0v) is 16.0. The summed E-state index contributed by atoms with van der Waals surface area (Å²) in [4.78, 5) is 25.5. The first-order chi connectivity index (χ1) is 13.2. The first-order valence-corrected chi connectivity index (χ1v) is 9.86. The van der Waals surface area contributed by atoms with E-state index < -0.39 is 0 Å². The van der Waals surface area contributed by atoms with Gasteiger partial charge in [0.2, 0.25) is 5.91 Å². The third kappa shape index (κ3) is 5.05. The Balaban J connectivity index is 1.64. The fourth-order valence-corrected chi connectivity index (χ4v) is 3.51. The molecule has 3 aromatic rings. The number of nitrogens with one attached hydrogen (secondary N) is 2. The van der Waals surface area contributed by atoms with E-state index in [1.54, 1.807) is 30.3 Å². The molecule has 2 N–H and O–H groups in total. The van der Waals surface area contributed by atoms with E-state index in [0.29, 0.717) is 16.3 Å². The standard InChI is InChI=1S/C22H22N2O2S/c1-2-7-19(16-8-4-3-5-9-16)21(25)23-17-11-13-18(14-12-17)24-22(26)20-10-6-15-27-20/h3-6,8-15,19H,2,7H2,1H3,(H,23,25)(H,24,26). The predicted octanol–water partition coefficient (Wildman–Crippen LogP) is 5.52. The van der Waals surface area contributed by atoms with E-state index in [0.717, 1.165) is 18.4 Å². The molecule has 2 amide bonds. The van der Waals surface area contributed by atoms with Gasteiger partial charge in [-0.15, -0.1) is 11.3 Å². The number of benzene rings is 2. The lowest BCUT2D eigenvalue weighted by Gasteiger charge is -2.17. The Morgan fingerprint density at radius 2 is 1.56 bits per heavy atom. The number of thiophene rings is 1. The van der Waals surface area contributed by atoms with Crippen molar-refractivity contribution in [3.8, 4) is 0 Å². The minimum atomic E-state index is -0.172. The smallest absolute Gasteiger partial charge is 0.265 e. The summed E-state index contributed by atoms with van der Waals surface area (Å²) in [5, 5.41) is 7.70. The minimum absolute atomic E-state index is 0.0154. The van der Waals surface area contributed by atoms with Crippen LogP contribution in [0.25, 0.3) is 0 Å². The van der Waals surface area contributed by atoms with Gasteiger partial charge in [0.1, 0.15) is 0 Å². The van der Waals surface area contributed by atoms with Crippen molar-refractivity contribution >= 4 is 34.5 Å². The Hall–Kier alpha value is -2.92. The maximum absolute atomic E-state index is 12.7. The molecule has 0 bridgehead atoms. The van der Waals surface area contributed by atoms with Gasteiger partial charge in [-0.1, -0.05) is 49.7 Å². The van der Waals surface area contributed by atoms with Gasteiger partial charge in [0.25, 0.3) is 5.91 Å². The average Bonchev–Trinajstić information content (AvgIpc) is 3.23. The molecular weight excluding hydrogens is 356 g/mol. The van der Waals surface area contributed by atoms with E-state index in [9.17, 15) is 9.59 Å².